The van der Waals surface area contributed by atoms with Crippen molar-refractivity contribution in [3.05, 3.63) is 76.7 Å². The summed E-state index contributed by atoms with van der Waals surface area (Å²) < 4.78 is 11.2. The van der Waals surface area contributed by atoms with Crippen LogP contribution in [0.1, 0.15) is 28.4 Å². The number of aromatic carboxylic acids is 1. The normalized spacial score (nSPS) is 15.8. The first-order valence-electron chi connectivity index (χ1n) is 9.36. The molecule has 0 aromatic heterocycles. The van der Waals surface area contributed by atoms with E-state index in [1.54, 1.807) is 49.4 Å². The van der Waals surface area contributed by atoms with Crippen LogP contribution in [0.4, 0.5) is 4.79 Å². The number of carbonyl (C=O) groups is 3. The molecular weight excluding hydrogens is 418 g/mol. The Morgan fingerprint density at radius 2 is 1.90 bits per heavy atom. The van der Waals surface area contributed by atoms with E-state index in [0.29, 0.717) is 22.0 Å². The number of hydrogen-bond donors (Lipinski definition) is 1. The first-order valence-corrected chi connectivity index (χ1v) is 10.2. The SMILES string of the molecule is C=C[C@H](C)N1C(=O)S/C(=C\c2ccc(OCc3ccc(C(=O)O)cc3)c(OC)c2)C1=O. The molecular formula is C23H21NO6S. The van der Waals surface area contributed by atoms with Crippen molar-refractivity contribution in [2.75, 3.05) is 7.11 Å². The van der Waals surface area contributed by atoms with Gasteiger partial charge in [-0.25, -0.2) is 4.79 Å². The number of carboxylic acid groups (broad SMARTS) is 1. The van der Waals surface area contributed by atoms with E-state index >= 15 is 0 Å². The van der Waals surface area contributed by atoms with Crippen molar-refractivity contribution >= 4 is 35.0 Å². The van der Waals surface area contributed by atoms with Gasteiger partial charge in [-0.2, -0.15) is 0 Å². The van der Waals surface area contributed by atoms with Gasteiger partial charge in [0.25, 0.3) is 11.1 Å². The Kier molecular flexibility index (Phi) is 6.81. The number of thioether (sulfide) groups is 1. The standard InChI is InChI=1S/C23H21NO6S/c1-4-14(2)24-21(25)20(31-23(24)28)12-16-7-10-18(19(11-16)29-3)30-13-15-5-8-17(9-6-15)22(26)27/h4-12,14H,1,13H2,2-3H3,(H,26,27)/b20-12-/t14-/m0/s1. The molecule has 7 nitrogen and oxygen atoms in total. The van der Waals surface area contributed by atoms with Gasteiger partial charge in [-0.1, -0.05) is 24.3 Å². The Balaban J connectivity index is 1.75. The van der Waals surface area contributed by atoms with Gasteiger partial charge in [0.05, 0.1) is 23.6 Å². The minimum atomic E-state index is -0.985. The van der Waals surface area contributed by atoms with Gasteiger partial charge in [0.2, 0.25) is 0 Å². The summed E-state index contributed by atoms with van der Waals surface area (Å²) in [6.07, 6.45) is 3.18. The second-order valence-corrected chi connectivity index (χ2v) is 7.72. The number of carbonyl (C=O) groups excluding carboxylic acids is 2. The number of benzene rings is 2. The quantitative estimate of drug-likeness (QED) is 0.475. The van der Waals surface area contributed by atoms with Gasteiger partial charge >= 0.3 is 5.97 Å². The highest BCUT2D eigenvalue weighted by Gasteiger charge is 2.37. The molecule has 1 atom stereocenters. The van der Waals surface area contributed by atoms with Crippen LogP contribution < -0.4 is 9.47 Å². The fourth-order valence-electron chi connectivity index (χ4n) is 2.89. The second-order valence-electron chi connectivity index (χ2n) is 6.73. The molecule has 2 aromatic carbocycles. The number of nitrogens with zero attached hydrogens (tertiary/aromatic N) is 1. The zero-order valence-corrected chi connectivity index (χ0v) is 17.8. The van der Waals surface area contributed by atoms with Crippen molar-refractivity contribution in [1.82, 2.24) is 4.90 Å². The first kappa shape index (κ1) is 22.2. The van der Waals surface area contributed by atoms with Gasteiger partial charge in [-0.15, -0.1) is 6.58 Å². The monoisotopic (exact) mass is 439 g/mol. The maximum atomic E-state index is 12.5. The Labute approximate surface area is 184 Å². The molecule has 31 heavy (non-hydrogen) atoms. The lowest BCUT2D eigenvalue weighted by Gasteiger charge is -2.17. The summed E-state index contributed by atoms with van der Waals surface area (Å²) in [5, 5.41) is 8.64. The zero-order valence-electron chi connectivity index (χ0n) is 17.0. The molecule has 0 unspecified atom stereocenters. The van der Waals surface area contributed by atoms with Crippen LogP contribution in [-0.2, 0) is 11.4 Å². The topological polar surface area (TPSA) is 93.1 Å². The minimum Gasteiger partial charge on any atom is -0.493 e. The predicted octanol–water partition coefficient (Wildman–Crippen LogP) is 4.58. The fraction of sp³-hybridized carbons (Fsp3) is 0.174. The van der Waals surface area contributed by atoms with E-state index in [0.717, 1.165) is 17.3 Å². The van der Waals surface area contributed by atoms with Crippen molar-refractivity contribution in [2.45, 2.75) is 19.6 Å². The average molecular weight is 439 g/mol. The highest BCUT2D eigenvalue weighted by molar-refractivity contribution is 8.18. The molecule has 1 heterocycles. The molecule has 1 saturated heterocycles. The third kappa shape index (κ3) is 4.97. The molecule has 3 rings (SSSR count). The predicted molar refractivity (Wildman–Crippen MR) is 118 cm³/mol. The highest BCUT2D eigenvalue weighted by Crippen LogP contribution is 2.35. The molecule has 2 aromatic rings. The zero-order chi connectivity index (χ0) is 22.5. The molecule has 1 N–H and O–H groups in total. The van der Waals surface area contributed by atoms with Crippen LogP contribution in [0.25, 0.3) is 6.08 Å². The summed E-state index contributed by atoms with van der Waals surface area (Å²) in [6, 6.07) is 11.2. The lowest BCUT2D eigenvalue weighted by Crippen LogP contribution is -2.35. The van der Waals surface area contributed by atoms with E-state index in [1.165, 1.54) is 24.1 Å². The van der Waals surface area contributed by atoms with Crippen molar-refractivity contribution < 1.29 is 29.0 Å². The van der Waals surface area contributed by atoms with Crippen LogP contribution in [-0.4, -0.2) is 40.3 Å². The summed E-state index contributed by atoms with van der Waals surface area (Å²) in [5.41, 5.74) is 1.70. The molecule has 1 aliphatic heterocycles. The van der Waals surface area contributed by atoms with Gasteiger partial charge in [0.15, 0.2) is 11.5 Å². The molecule has 0 spiro atoms. The molecule has 0 bridgehead atoms. The Morgan fingerprint density at radius 1 is 1.19 bits per heavy atom. The summed E-state index contributed by atoms with van der Waals surface area (Å²) >= 11 is 0.886. The Morgan fingerprint density at radius 3 is 2.52 bits per heavy atom. The molecule has 1 aliphatic rings. The van der Waals surface area contributed by atoms with E-state index in [-0.39, 0.29) is 29.4 Å². The largest absolute Gasteiger partial charge is 0.493 e. The van der Waals surface area contributed by atoms with Crippen LogP contribution in [0, 0.1) is 0 Å². The van der Waals surface area contributed by atoms with Gasteiger partial charge in [0.1, 0.15) is 6.61 Å². The van der Waals surface area contributed by atoms with E-state index in [2.05, 4.69) is 6.58 Å². The van der Waals surface area contributed by atoms with Crippen LogP contribution in [0.3, 0.4) is 0 Å². The third-order valence-corrected chi connectivity index (χ3v) is 5.54. The molecule has 0 saturated carbocycles. The molecule has 1 fully saturated rings. The number of carboxylic acids is 1. The van der Waals surface area contributed by atoms with E-state index in [9.17, 15) is 14.4 Å². The van der Waals surface area contributed by atoms with Crippen molar-refractivity contribution in [1.29, 1.82) is 0 Å². The summed E-state index contributed by atoms with van der Waals surface area (Å²) in [6.45, 7) is 5.60. The number of hydrogen-bond acceptors (Lipinski definition) is 6. The molecule has 2 amide bonds. The second kappa shape index (κ2) is 9.53. The van der Waals surface area contributed by atoms with Crippen LogP contribution in [0.5, 0.6) is 11.5 Å². The summed E-state index contributed by atoms with van der Waals surface area (Å²) in [5.74, 6) is -0.377. The molecule has 8 heteroatoms. The van der Waals surface area contributed by atoms with Crippen molar-refractivity contribution in [3.8, 4) is 11.5 Å². The van der Waals surface area contributed by atoms with Crippen molar-refractivity contribution in [2.24, 2.45) is 0 Å². The number of amides is 2. The van der Waals surface area contributed by atoms with Gasteiger partial charge in [-0.05, 0) is 60.2 Å². The maximum absolute atomic E-state index is 12.5. The number of imide groups is 1. The van der Waals surface area contributed by atoms with E-state index in [4.69, 9.17) is 14.6 Å². The van der Waals surface area contributed by atoms with Gasteiger partial charge in [0, 0.05) is 0 Å². The Bertz CT molecular complexity index is 1060. The lowest BCUT2D eigenvalue weighted by atomic mass is 10.1. The maximum Gasteiger partial charge on any atom is 0.335 e. The van der Waals surface area contributed by atoms with E-state index < -0.39 is 5.97 Å². The smallest absolute Gasteiger partial charge is 0.335 e. The first-order chi connectivity index (χ1) is 14.8. The summed E-state index contributed by atoms with van der Waals surface area (Å²) in [7, 11) is 1.51. The highest BCUT2D eigenvalue weighted by atomic mass is 32.2. The van der Waals surface area contributed by atoms with E-state index in [1.807, 2.05) is 0 Å². The molecule has 0 aliphatic carbocycles. The van der Waals surface area contributed by atoms with Crippen molar-refractivity contribution in [3.63, 3.8) is 0 Å². The van der Waals surface area contributed by atoms with Crippen LogP contribution in [0.15, 0.2) is 60.0 Å². The minimum absolute atomic E-state index is 0.206. The van der Waals surface area contributed by atoms with Gasteiger partial charge in [-0.3, -0.25) is 14.5 Å². The summed E-state index contributed by atoms with van der Waals surface area (Å²) in [4.78, 5) is 37.1. The average Bonchev–Trinajstić information content (AvgIpc) is 3.05. The molecule has 160 valence electrons. The molecule has 0 radical (unpaired) electrons. The Hall–Kier alpha value is -3.52. The number of ether oxygens (including phenoxy) is 2. The fourth-order valence-corrected chi connectivity index (χ4v) is 3.80. The lowest BCUT2D eigenvalue weighted by molar-refractivity contribution is -0.123. The third-order valence-electron chi connectivity index (χ3n) is 4.65. The van der Waals surface area contributed by atoms with Gasteiger partial charge < -0.3 is 14.6 Å². The number of rotatable bonds is 8. The van der Waals surface area contributed by atoms with Crippen LogP contribution >= 0.6 is 11.8 Å². The van der Waals surface area contributed by atoms with Crippen LogP contribution in [0.2, 0.25) is 0 Å². The number of methoxy groups -OCH3 is 1.